The standard InChI is InChI=1S/C17H19N3O2/c1-12(2)17(13-7-4-3-5-8-13)11-14(15(21)22-17)20-16-18-9-6-10-19-16/h3-10,12,14H,11H2,1-2H3,(H,18,19,20). The van der Waals surface area contributed by atoms with Crippen molar-refractivity contribution in [2.24, 2.45) is 5.92 Å². The molecule has 2 atom stereocenters. The van der Waals surface area contributed by atoms with E-state index in [9.17, 15) is 4.79 Å². The molecule has 5 heteroatoms. The van der Waals surface area contributed by atoms with Gasteiger partial charge in [0.2, 0.25) is 5.95 Å². The number of nitrogens with one attached hydrogen (secondary N) is 1. The fourth-order valence-electron chi connectivity index (χ4n) is 2.90. The van der Waals surface area contributed by atoms with E-state index in [0.29, 0.717) is 12.4 Å². The van der Waals surface area contributed by atoms with Gasteiger partial charge in [0.05, 0.1) is 0 Å². The SMILES string of the molecule is CC(C)C1(c2ccccc2)CC(Nc2ncccn2)C(=O)O1. The first kappa shape index (κ1) is 14.5. The predicted molar refractivity (Wildman–Crippen MR) is 83.1 cm³/mol. The molecule has 1 fully saturated rings. The van der Waals surface area contributed by atoms with E-state index in [1.807, 2.05) is 30.3 Å². The Hall–Kier alpha value is -2.43. The topological polar surface area (TPSA) is 64.1 Å². The highest BCUT2D eigenvalue weighted by atomic mass is 16.6. The quantitative estimate of drug-likeness (QED) is 0.879. The lowest BCUT2D eigenvalue weighted by Crippen LogP contribution is -2.32. The summed E-state index contributed by atoms with van der Waals surface area (Å²) in [4.78, 5) is 20.6. The number of nitrogens with zero attached hydrogens (tertiary/aromatic N) is 2. The summed E-state index contributed by atoms with van der Waals surface area (Å²) < 4.78 is 5.82. The molecule has 0 bridgehead atoms. The number of anilines is 1. The molecular formula is C17H19N3O2. The van der Waals surface area contributed by atoms with Gasteiger partial charge < -0.3 is 10.1 Å². The molecule has 114 valence electrons. The molecule has 1 aliphatic heterocycles. The predicted octanol–water partition coefficient (Wildman–Crippen LogP) is 2.76. The second kappa shape index (κ2) is 5.75. The summed E-state index contributed by atoms with van der Waals surface area (Å²) in [5, 5.41) is 3.07. The molecule has 5 nitrogen and oxygen atoms in total. The third kappa shape index (κ3) is 2.54. The Morgan fingerprint density at radius 3 is 2.50 bits per heavy atom. The first-order valence-electron chi connectivity index (χ1n) is 7.44. The van der Waals surface area contributed by atoms with Gasteiger partial charge >= 0.3 is 5.97 Å². The zero-order valence-electron chi connectivity index (χ0n) is 12.7. The highest BCUT2D eigenvalue weighted by Gasteiger charge is 2.50. The molecule has 2 aromatic rings. The Bertz CT molecular complexity index is 645. The molecule has 1 N–H and O–H groups in total. The fraction of sp³-hybridized carbons (Fsp3) is 0.353. The van der Waals surface area contributed by atoms with Crippen molar-refractivity contribution in [2.75, 3.05) is 5.32 Å². The molecule has 22 heavy (non-hydrogen) atoms. The Kier molecular flexibility index (Phi) is 3.79. The lowest BCUT2D eigenvalue weighted by atomic mass is 9.80. The average molecular weight is 297 g/mol. The summed E-state index contributed by atoms with van der Waals surface area (Å²) in [5.41, 5.74) is 0.418. The van der Waals surface area contributed by atoms with Crippen LogP contribution in [0.25, 0.3) is 0 Å². The Morgan fingerprint density at radius 2 is 1.86 bits per heavy atom. The second-order valence-corrected chi connectivity index (χ2v) is 5.80. The molecule has 0 aliphatic carbocycles. The van der Waals surface area contributed by atoms with E-state index in [4.69, 9.17) is 4.74 Å². The van der Waals surface area contributed by atoms with Gasteiger partial charge in [-0.2, -0.15) is 0 Å². The van der Waals surface area contributed by atoms with Crippen LogP contribution in [0.15, 0.2) is 48.8 Å². The van der Waals surface area contributed by atoms with Crippen LogP contribution in [0.5, 0.6) is 0 Å². The van der Waals surface area contributed by atoms with Gasteiger partial charge in [-0.3, -0.25) is 0 Å². The van der Waals surface area contributed by atoms with Crippen LogP contribution in [0.2, 0.25) is 0 Å². The maximum Gasteiger partial charge on any atom is 0.329 e. The van der Waals surface area contributed by atoms with Crippen LogP contribution in [0, 0.1) is 5.92 Å². The number of ether oxygens (including phenoxy) is 1. The van der Waals surface area contributed by atoms with E-state index in [1.54, 1.807) is 18.5 Å². The van der Waals surface area contributed by atoms with Gasteiger partial charge in [0, 0.05) is 18.8 Å². The van der Waals surface area contributed by atoms with Crippen molar-refractivity contribution in [1.82, 2.24) is 9.97 Å². The van der Waals surface area contributed by atoms with Gasteiger partial charge in [0.15, 0.2) is 0 Å². The number of aromatic nitrogens is 2. The van der Waals surface area contributed by atoms with Crippen molar-refractivity contribution < 1.29 is 9.53 Å². The maximum absolute atomic E-state index is 12.3. The summed E-state index contributed by atoms with van der Waals surface area (Å²) in [6, 6.07) is 11.2. The third-order valence-corrected chi connectivity index (χ3v) is 4.14. The van der Waals surface area contributed by atoms with Crippen molar-refractivity contribution in [3.8, 4) is 0 Å². The fourth-order valence-corrected chi connectivity index (χ4v) is 2.90. The second-order valence-electron chi connectivity index (χ2n) is 5.80. The van der Waals surface area contributed by atoms with E-state index in [-0.39, 0.29) is 11.9 Å². The molecule has 0 radical (unpaired) electrons. The minimum absolute atomic E-state index is 0.169. The first-order valence-corrected chi connectivity index (χ1v) is 7.44. The van der Waals surface area contributed by atoms with Gasteiger partial charge in [-0.05, 0) is 17.5 Å². The zero-order chi connectivity index (χ0) is 15.6. The zero-order valence-corrected chi connectivity index (χ0v) is 12.7. The molecular weight excluding hydrogens is 278 g/mol. The minimum atomic E-state index is -0.606. The van der Waals surface area contributed by atoms with Crippen molar-refractivity contribution >= 4 is 11.9 Å². The van der Waals surface area contributed by atoms with Gasteiger partial charge in [0.25, 0.3) is 0 Å². The van der Waals surface area contributed by atoms with Crippen molar-refractivity contribution in [1.29, 1.82) is 0 Å². The van der Waals surface area contributed by atoms with Gasteiger partial charge in [-0.15, -0.1) is 0 Å². The summed E-state index contributed by atoms with van der Waals surface area (Å²) in [7, 11) is 0. The van der Waals surface area contributed by atoms with E-state index in [2.05, 4.69) is 29.1 Å². The number of carbonyl (C=O) groups excluding carboxylic acids is 1. The Balaban J connectivity index is 1.87. The molecule has 2 unspecified atom stereocenters. The molecule has 0 amide bonds. The Morgan fingerprint density at radius 1 is 1.18 bits per heavy atom. The molecule has 1 saturated heterocycles. The molecule has 0 saturated carbocycles. The molecule has 1 aromatic heterocycles. The summed E-state index contributed by atoms with van der Waals surface area (Å²) in [6.45, 7) is 4.14. The number of cyclic esters (lactones) is 1. The van der Waals surface area contributed by atoms with E-state index in [0.717, 1.165) is 5.56 Å². The molecule has 1 aliphatic rings. The monoisotopic (exact) mass is 297 g/mol. The third-order valence-electron chi connectivity index (χ3n) is 4.14. The summed E-state index contributed by atoms with van der Waals surface area (Å²) >= 11 is 0. The number of rotatable bonds is 4. The van der Waals surface area contributed by atoms with E-state index >= 15 is 0 Å². The van der Waals surface area contributed by atoms with Crippen LogP contribution in [0.4, 0.5) is 5.95 Å². The Labute approximate surface area is 129 Å². The molecule has 3 rings (SSSR count). The molecule has 1 aromatic carbocycles. The van der Waals surface area contributed by atoms with Crippen LogP contribution >= 0.6 is 0 Å². The molecule has 0 spiro atoms. The number of hydrogen-bond acceptors (Lipinski definition) is 5. The smallest absolute Gasteiger partial charge is 0.329 e. The molecule has 2 heterocycles. The average Bonchev–Trinajstić information content (AvgIpc) is 2.87. The van der Waals surface area contributed by atoms with E-state index in [1.165, 1.54) is 0 Å². The van der Waals surface area contributed by atoms with Crippen LogP contribution in [-0.4, -0.2) is 22.0 Å². The minimum Gasteiger partial charge on any atom is -0.452 e. The van der Waals surface area contributed by atoms with Crippen LogP contribution in [-0.2, 0) is 15.1 Å². The first-order chi connectivity index (χ1) is 10.6. The number of esters is 1. The van der Waals surface area contributed by atoms with Gasteiger partial charge in [0.1, 0.15) is 11.6 Å². The van der Waals surface area contributed by atoms with Crippen molar-refractivity contribution in [3.63, 3.8) is 0 Å². The normalized spacial score (nSPS) is 24.3. The van der Waals surface area contributed by atoms with Crippen LogP contribution in [0.3, 0.4) is 0 Å². The summed E-state index contributed by atoms with van der Waals surface area (Å²) in [6.07, 6.45) is 3.84. The van der Waals surface area contributed by atoms with Gasteiger partial charge in [-0.1, -0.05) is 44.2 Å². The largest absolute Gasteiger partial charge is 0.452 e. The highest BCUT2D eigenvalue weighted by molar-refractivity contribution is 5.81. The highest BCUT2D eigenvalue weighted by Crippen LogP contribution is 2.43. The lowest BCUT2D eigenvalue weighted by Gasteiger charge is -2.32. The van der Waals surface area contributed by atoms with Crippen molar-refractivity contribution in [3.05, 3.63) is 54.4 Å². The van der Waals surface area contributed by atoms with Crippen LogP contribution in [0.1, 0.15) is 25.8 Å². The van der Waals surface area contributed by atoms with Gasteiger partial charge in [-0.25, -0.2) is 14.8 Å². The maximum atomic E-state index is 12.3. The van der Waals surface area contributed by atoms with Crippen LogP contribution < -0.4 is 5.32 Å². The van der Waals surface area contributed by atoms with E-state index < -0.39 is 11.6 Å². The number of carbonyl (C=O) groups is 1. The number of benzene rings is 1. The van der Waals surface area contributed by atoms with Crippen molar-refractivity contribution in [2.45, 2.75) is 31.9 Å². The summed E-state index contributed by atoms with van der Waals surface area (Å²) in [5.74, 6) is 0.351. The number of hydrogen-bond donors (Lipinski definition) is 1. The lowest BCUT2D eigenvalue weighted by molar-refractivity contribution is -0.153.